The lowest BCUT2D eigenvalue weighted by Gasteiger charge is -2.19. The summed E-state index contributed by atoms with van der Waals surface area (Å²) in [7, 11) is -4.27. The van der Waals surface area contributed by atoms with Crippen LogP contribution in [0.3, 0.4) is 0 Å². The number of fused-ring (bicyclic) bond motifs is 1. The molecule has 0 unspecified atom stereocenters. The topological polar surface area (TPSA) is 120 Å². The quantitative estimate of drug-likeness (QED) is 0.325. The van der Waals surface area contributed by atoms with Gasteiger partial charge >= 0.3 is 0 Å². The van der Waals surface area contributed by atoms with Crippen LogP contribution >= 0.6 is 0 Å². The second-order valence-electron chi connectivity index (χ2n) is 8.19. The van der Waals surface area contributed by atoms with Crippen LogP contribution in [-0.2, 0) is 10.0 Å². The summed E-state index contributed by atoms with van der Waals surface area (Å²) in [5, 5.41) is 0.569. The Kier molecular flexibility index (Phi) is 6.72. The Morgan fingerprint density at radius 1 is 1.06 bits per heavy atom. The van der Waals surface area contributed by atoms with E-state index < -0.39 is 33.9 Å². The molecular weight excluding hydrogens is 495 g/mol. The Morgan fingerprint density at radius 3 is 2.47 bits per heavy atom. The SMILES string of the molecule is Cc1c(F)c(NS(=O)(=O)CCC(C)(F)F)c2ccccc2c1Oc1ncccc1-c1ccnc(N)n1. The number of alkyl halides is 2. The summed E-state index contributed by atoms with van der Waals surface area (Å²) >= 11 is 0. The third-order valence-corrected chi connectivity index (χ3v) is 6.57. The number of benzene rings is 2. The zero-order valence-electron chi connectivity index (χ0n) is 19.3. The molecule has 0 spiro atoms. The molecule has 0 bridgehead atoms. The fraction of sp³-hybridized carbons (Fsp3) is 0.208. The summed E-state index contributed by atoms with van der Waals surface area (Å²) in [6.45, 7) is 2.04. The minimum Gasteiger partial charge on any atom is -0.437 e. The maximum Gasteiger partial charge on any atom is 0.246 e. The molecule has 0 amide bonds. The molecule has 0 atom stereocenters. The summed E-state index contributed by atoms with van der Waals surface area (Å²) in [5.41, 5.74) is 6.25. The zero-order chi connectivity index (χ0) is 26.1. The summed E-state index contributed by atoms with van der Waals surface area (Å²) in [4.78, 5) is 12.3. The molecule has 0 aliphatic carbocycles. The second-order valence-corrected chi connectivity index (χ2v) is 10.0. The summed E-state index contributed by atoms with van der Waals surface area (Å²) in [6, 6.07) is 11.4. The minimum atomic E-state index is -4.27. The second kappa shape index (κ2) is 9.61. The number of nitrogens with one attached hydrogen (secondary N) is 1. The molecule has 0 radical (unpaired) electrons. The Labute approximate surface area is 205 Å². The van der Waals surface area contributed by atoms with Gasteiger partial charge < -0.3 is 10.5 Å². The number of nitrogen functional groups attached to an aromatic ring is 1. The highest BCUT2D eigenvalue weighted by Gasteiger charge is 2.27. The molecule has 4 rings (SSSR count). The maximum absolute atomic E-state index is 15.6. The number of aromatic nitrogens is 3. The van der Waals surface area contributed by atoms with E-state index in [9.17, 15) is 17.2 Å². The standard InChI is InChI=1S/C24H22F3N5O3S/c1-14-19(25)20(32-36(33,34)13-10-24(2,26)27)15-6-3-4-7-16(15)21(14)35-22-17(8-5-11-29-22)18-9-12-30-23(28)31-18/h3-9,11-12,32H,10,13H2,1-2H3,(H2,28,30,31). The van der Waals surface area contributed by atoms with Gasteiger partial charge in [0.1, 0.15) is 5.75 Å². The van der Waals surface area contributed by atoms with Gasteiger partial charge in [-0.1, -0.05) is 24.3 Å². The number of rotatable bonds is 8. The highest BCUT2D eigenvalue weighted by Crippen LogP contribution is 2.42. The highest BCUT2D eigenvalue weighted by atomic mass is 32.2. The Balaban J connectivity index is 1.79. The van der Waals surface area contributed by atoms with Gasteiger partial charge in [-0.3, -0.25) is 4.72 Å². The van der Waals surface area contributed by atoms with Gasteiger partial charge in [-0.05, 0) is 32.0 Å². The number of pyridine rings is 1. The van der Waals surface area contributed by atoms with Gasteiger partial charge in [-0.2, -0.15) is 0 Å². The van der Waals surface area contributed by atoms with Crippen molar-refractivity contribution in [1.29, 1.82) is 0 Å². The third kappa shape index (κ3) is 5.48. The predicted octanol–water partition coefficient (Wildman–Crippen LogP) is 5.30. The smallest absolute Gasteiger partial charge is 0.246 e. The first-order valence-electron chi connectivity index (χ1n) is 10.8. The van der Waals surface area contributed by atoms with Crippen molar-refractivity contribution in [2.45, 2.75) is 26.2 Å². The van der Waals surface area contributed by atoms with Crippen LogP contribution in [0.5, 0.6) is 11.6 Å². The monoisotopic (exact) mass is 517 g/mol. The van der Waals surface area contributed by atoms with Gasteiger partial charge in [0.25, 0.3) is 0 Å². The molecule has 0 aliphatic rings. The van der Waals surface area contributed by atoms with Gasteiger partial charge in [0.2, 0.25) is 27.8 Å². The van der Waals surface area contributed by atoms with Crippen LogP contribution in [0, 0.1) is 12.7 Å². The lowest BCUT2D eigenvalue weighted by Crippen LogP contribution is -2.23. The number of nitrogens with zero attached hydrogens (tertiary/aromatic N) is 3. The molecule has 2 heterocycles. The van der Waals surface area contributed by atoms with Crippen LogP contribution < -0.4 is 15.2 Å². The molecule has 3 N–H and O–H groups in total. The molecule has 0 saturated heterocycles. The van der Waals surface area contributed by atoms with Crippen LogP contribution in [-0.4, -0.2) is 35.0 Å². The van der Waals surface area contributed by atoms with Gasteiger partial charge in [0.15, 0.2) is 5.82 Å². The summed E-state index contributed by atoms with van der Waals surface area (Å²) < 4.78 is 75.2. The molecule has 0 aliphatic heterocycles. The van der Waals surface area contributed by atoms with Crippen molar-refractivity contribution in [3.63, 3.8) is 0 Å². The van der Waals surface area contributed by atoms with Crippen molar-refractivity contribution in [3.05, 3.63) is 66.2 Å². The summed E-state index contributed by atoms with van der Waals surface area (Å²) in [6.07, 6.45) is 2.06. The lowest BCUT2D eigenvalue weighted by atomic mass is 10.0. The molecule has 188 valence electrons. The number of nitrogens with two attached hydrogens (primary N) is 1. The van der Waals surface area contributed by atoms with E-state index in [4.69, 9.17) is 10.5 Å². The fourth-order valence-corrected chi connectivity index (χ4v) is 4.79. The number of halogens is 3. The van der Waals surface area contributed by atoms with Gasteiger partial charge in [-0.25, -0.2) is 36.5 Å². The van der Waals surface area contributed by atoms with Crippen LogP contribution in [0.2, 0.25) is 0 Å². The van der Waals surface area contributed by atoms with E-state index in [1.165, 1.54) is 25.4 Å². The van der Waals surface area contributed by atoms with Crippen molar-refractivity contribution in [2.24, 2.45) is 0 Å². The highest BCUT2D eigenvalue weighted by molar-refractivity contribution is 7.92. The Morgan fingerprint density at radius 2 is 1.78 bits per heavy atom. The first kappa shape index (κ1) is 25.2. The minimum absolute atomic E-state index is 0.00831. The average molecular weight is 518 g/mol. The fourth-order valence-electron chi connectivity index (χ4n) is 3.55. The first-order valence-corrected chi connectivity index (χ1v) is 12.4. The molecule has 36 heavy (non-hydrogen) atoms. The molecule has 0 fully saturated rings. The predicted molar refractivity (Wildman–Crippen MR) is 131 cm³/mol. The molecule has 2 aromatic carbocycles. The van der Waals surface area contributed by atoms with E-state index >= 15 is 4.39 Å². The third-order valence-electron chi connectivity index (χ3n) is 5.32. The van der Waals surface area contributed by atoms with E-state index in [0.717, 1.165) is 0 Å². The van der Waals surface area contributed by atoms with Gasteiger partial charge in [0, 0.05) is 35.2 Å². The number of anilines is 2. The van der Waals surface area contributed by atoms with Crippen molar-refractivity contribution in [2.75, 3.05) is 16.2 Å². The zero-order valence-corrected chi connectivity index (χ0v) is 20.1. The molecule has 0 saturated carbocycles. The van der Waals surface area contributed by atoms with Crippen molar-refractivity contribution < 1.29 is 26.3 Å². The molecule has 4 aromatic rings. The molecular formula is C24H22F3N5O3S. The normalized spacial score (nSPS) is 12.0. The van der Waals surface area contributed by atoms with E-state index in [2.05, 4.69) is 19.7 Å². The molecule has 2 aromatic heterocycles. The largest absolute Gasteiger partial charge is 0.437 e. The number of sulfonamides is 1. The van der Waals surface area contributed by atoms with E-state index in [1.54, 1.807) is 36.4 Å². The lowest BCUT2D eigenvalue weighted by molar-refractivity contribution is 0.0189. The maximum atomic E-state index is 15.6. The van der Waals surface area contributed by atoms with Crippen molar-refractivity contribution >= 4 is 32.4 Å². The number of ether oxygens (including phenoxy) is 1. The molecule has 8 nitrogen and oxygen atoms in total. The van der Waals surface area contributed by atoms with E-state index in [1.807, 2.05) is 0 Å². The van der Waals surface area contributed by atoms with Crippen LogP contribution in [0.15, 0.2) is 54.9 Å². The molecule has 12 heteroatoms. The Hall–Kier alpha value is -3.93. The van der Waals surface area contributed by atoms with Crippen LogP contribution in [0.25, 0.3) is 22.0 Å². The van der Waals surface area contributed by atoms with Crippen molar-refractivity contribution in [1.82, 2.24) is 15.0 Å². The first-order chi connectivity index (χ1) is 17.0. The van der Waals surface area contributed by atoms with E-state index in [-0.39, 0.29) is 34.2 Å². The number of hydrogen-bond acceptors (Lipinski definition) is 7. The van der Waals surface area contributed by atoms with Crippen molar-refractivity contribution in [3.8, 4) is 22.9 Å². The average Bonchev–Trinajstić information content (AvgIpc) is 2.83. The number of hydrogen-bond donors (Lipinski definition) is 2. The summed E-state index contributed by atoms with van der Waals surface area (Å²) in [5.74, 6) is -4.69. The van der Waals surface area contributed by atoms with Gasteiger partial charge in [-0.15, -0.1) is 0 Å². The van der Waals surface area contributed by atoms with E-state index in [0.29, 0.717) is 23.6 Å². The van der Waals surface area contributed by atoms with Crippen LogP contribution in [0.4, 0.5) is 24.8 Å². The van der Waals surface area contributed by atoms with Crippen LogP contribution in [0.1, 0.15) is 18.9 Å². The Bertz CT molecular complexity index is 1540. The van der Waals surface area contributed by atoms with Gasteiger partial charge in [0.05, 0.1) is 22.7 Å².